The molecule has 1 aromatic rings. The van der Waals surface area contributed by atoms with Gasteiger partial charge < -0.3 is 14.6 Å². The van der Waals surface area contributed by atoms with Crippen molar-refractivity contribution in [1.82, 2.24) is 4.98 Å². The van der Waals surface area contributed by atoms with Gasteiger partial charge in [-0.2, -0.15) is 0 Å². The molecule has 0 bridgehead atoms. The van der Waals surface area contributed by atoms with E-state index in [0.717, 1.165) is 0 Å². The van der Waals surface area contributed by atoms with Gasteiger partial charge in [-0.15, -0.1) is 0 Å². The van der Waals surface area contributed by atoms with Crippen LogP contribution in [-0.4, -0.2) is 46.4 Å². The lowest BCUT2D eigenvalue weighted by Gasteiger charge is -2.37. The van der Waals surface area contributed by atoms with E-state index in [1.165, 1.54) is 26.0 Å². The Balaban J connectivity index is 2.39. The van der Waals surface area contributed by atoms with Crippen LogP contribution < -0.4 is 4.90 Å². The number of pyridine rings is 1. The minimum absolute atomic E-state index is 0.370. The maximum atomic E-state index is 10.8. The summed E-state index contributed by atoms with van der Waals surface area (Å²) in [6.45, 7) is 0. The highest BCUT2D eigenvalue weighted by Crippen LogP contribution is 2.38. The van der Waals surface area contributed by atoms with Crippen LogP contribution >= 0.6 is 24.0 Å². The Kier molecular flexibility index (Phi) is 4.18. The molecule has 98 valence electrons. The Labute approximate surface area is 115 Å². The van der Waals surface area contributed by atoms with Crippen LogP contribution in [0.2, 0.25) is 0 Å². The van der Waals surface area contributed by atoms with Crippen molar-refractivity contribution in [3.63, 3.8) is 0 Å². The van der Waals surface area contributed by atoms with Crippen LogP contribution in [0.25, 0.3) is 0 Å². The third kappa shape index (κ3) is 2.24. The fraction of sp³-hybridized carbons (Fsp3) is 0.455. The molecular formula is C11H14N2O3S2. The first kappa shape index (κ1) is 13.7. The molecule has 2 rings (SSSR count). The summed E-state index contributed by atoms with van der Waals surface area (Å²) in [5, 5.41) is 10.8. The molecule has 2 heterocycles. The van der Waals surface area contributed by atoms with Crippen LogP contribution in [0.4, 0.5) is 5.82 Å². The normalized spacial score (nSPS) is 24.0. The maximum absolute atomic E-state index is 10.8. The van der Waals surface area contributed by atoms with Crippen molar-refractivity contribution in [2.45, 2.75) is 12.0 Å². The molecule has 18 heavy (non-hydrogen) atoms. The van der Waals surface area contributed by atoms with E-state index in [1.807, 2.05) is 6.07 Å². The lowest BCUT2D eigenvalue weighted by atomic mass is 10.2. The fourth-order valence-corrected chi connectivity index (χ4v) is 3.29. The number of methoxy groups -OCH3 is 2. The number of hydrogen-bond acceptors (Lipinski definition) is 6. The minimum Gasteiger partial charge on any atom is -0.365 e. The van der Waals surface area contributed by atoms with Gasteiger partial charge in [0.2, 0.25) is 12.0 Å². The summed E-state index contributed by atoms with van der Waals surface area (Å²) in [4.78, 5) is 5.79. The number of thiocarbonyl (C=S) groups is 1. The van der Waals surface area contributed by atoms with Gasteiger partial charge >= 0.3 is 0 Å². The summed E-state index contributed by atoms with van der Waals surface area (Å²) in [5.74, 6) is 0.948. The molecular weight excluding hydrogens is 272 g/mol. The van der Waals surface area contributed by atoms with E-state index in [0.29, 0.717) is 15.9 Å². The second-order valence-corrected chi connectivity index (χ2v) is 5.37. The van der Waals surface area contributed by atoms with E-state index in [2.05, 4.69) is 4.98 Å². The summed E-state index contributed by atoms with van der Waals surface area (Å²) in [5.41, 5.74) is -1.35. The minimum atomic E-state index is -1.35. The second kappa shape index (κ2) is 5.50. The maximum Gasteiger partial charge on any atom is 0.206 e. The lowest BCUT2D eigenvalue weighted by molar-refractivity contribution is -0.200. The Bertz CT molecular complexity index is 428. The molecule has 0 spiro atoms. The van der Waals surface area contributed by atoms with Gasteiger partial charge in [0.25, 0.3) is 0 Å². The molecule has 0 saturated carbocycles. The Morgan fingerprint density at radius 1 is 1.50 bits per heavy atom. The quantitative estimate of drug-likeness (QED) is 0.660. The molecule has 1 atom stereocenters. The lowest BCUT2D eigenvalue weighted by Crippen LogP contribution is -2.57. The molecule has 0 aromatic carbocycles. The Morgan fingerprint density at radius 3 is 2.78 bits per heavy atom. The first-order valence-electron chi connectivity index (χ1n) is 5.29. The number of ether oxygens (including phenoxy) is 2. The first-order chi connectivity index (χ1) is 8.63. The third-order valence-corrected chi connectivity index (χ3v) is 4.20. The van der Waals surface area contributed by atoms with E-state index >= 15 is 0 Å². The topological polar surface area (TPSA) is 54.8 Å². The number of anilines is 1. The van der Waals surface area contributed by atoms with Crippen LogP contribution in [0.3, 0.4) is 0 Å². The smallest absolute Gasteiger partial charge is 0.206 e. The molecule has 7 heteroatoms. The summed E-state index contributed by atoms with van der Waals surface area (Å²) in [7, 11) is 2.96. The first-order valence-corrected chi connectivity index (χ1v) is 6.69. The van der Waals surface area contributed by atoms with Crippen LogP contribution in [0.15, 0.2) is 24.4 Å². The van der Waals surface area contributed by atoms with Crippen molar-refractivity contribution in [3.8, 4) is 0 Å². The number of aliphatic hydroxyl groups is 1. The van der Waals surface area contributed by atoms with Crippen molar-refractivity contribution in [2.75, 3.05) is 24.9 Å². The van der Waals surface area contributed by atoms with Gasteiger partial charge in [-0.25, -0.2) is 4.98 Å². The van der Waals surface area contributed by atoms with Crippen molar-refractivity contribution in [2.24, 2.45) is 0 Å². The molecule has 1 aromatic heterocycles. The zero-order valence-corrected chi connectivity index (χ0v) is 11.7. The van der Waals surface area contributed by atoms with Gasteiger partial charge in [-0.05, 0) is 12.1 Å². The van der Waals surface area contributed by atoms with Gasteiger partial charge in [0.1, 0.15) is 10.1 Å². The van der Waals surface area contributed by atoms with Crippen LogP contribution in [0.5, 0.6) is 0 Å². The van der Waals surface area contributed by atoms with E-state index in [-0.39, 0.29) is 0 Å². The summed E-state index contributed by atoms with van der Waals surface area (Å²) >= 11 is 6.64. The zero-order valence-electron chi connectivity index (χ0n) is 10.1. The van der Waals surface area contributed by atoms with E-state index in [9.17, 15) is 5.11 Å². The Hall–Kier alpha value is -0.730. The van der Waals surface area contributed by atoms with Gasteiger partial charge in [0, 0.05) is 20.4 Å². The third-order valence-electron chi connectivity index (χ3n) is 2.66. The van der Waals surface area contributed by atoms with Gasteiger partial charge in [-0.1, -0.05) is 30.0 Å². The van der Waals surface area contributed by atoms with Gasteiger partial charge in [0.05, 0.1) is 5.75 Å². The SMILES string of the molecule is COC(OC)C1(O)CSC(=S)N1c1ccccn1. The standard InChI is InChI=1S/C11H14N2O3S2/c1-15-9(16-2)11(14)7-18-10(17)13(11)8-5-3-4-6-12-8/h3-6,9,14H,7H2,1-2H3. The molecule has 5 nitrogen and oxygen atoms in total. The number of hydrogen-bond donors (Lipinski definition) is 1. The Morgan fingerprint density at radius 2 is 2.22 bits per heavy atom. The highest BCUT2D eigenvalue weighted by atomic mass is 32.2. The average molecular weight is 286 g/mol. The predicted molar refractivity (Wildman–Crippen MR) is 74.5 cm³/mol. The zero-order chi connectivity index (χ0) is 13.2. The molecule has 1 aliphatic rings. The van der Waals surface area contributed by atoms with Crippen LogP contribution in [0.1, 0.15) is 0 Å². The van der Waals surface area contributed by atoms with E-state index in [4.69, 9.17) is 21.7 Å². The van der Waals surface area contributed by atoms with Crippen molar-refractivity contribution in [3.05, 3.63) is 24.4 Å². The number of thioether (sulfide) groups is 1. The fourth-order valence-electron chi connectivity index (χ4n) is 1.88. The monoisotopic (exact) mass is 286 g/mol. The summed E-state index contributed by atoms with van der Waals surface area (Å²) in [6.07, 6.45) is 0.850. The number of nitrogens with zero attached hydrogens (tertiary/aromatic N) is 2. The van der Waals surface area contributed by atoms with Crippen molar-refractivity contribution >= 4 is 34.1 Å². The molecule has 1 saturated heterocycles. The van der Waals surface area contributed by atoms with Crippen LogP contribution in [-0.2, 0) is 9.47 Å². The van der Waals surface area contributed by atoms with E-state index in [1.54, 1.807) is 23.2 Å². The molecule has 1 unspecified atom stereocenters. The number of aromatic nitrogens is 1. The number of rotatable bonds is 4. The van der Waals surface area contributed by atoms with Gasteiger partial charge in [0.15, 0.2) is 0 Å². The van der Waals surface area contributed by atoms with Gasteiger partial charge in [-0.3, -0.25) is 4.90 Å². The predicted octanol–water partition coefficient (Wildman–Crippen LogP) is 1.23. The van der Waals surface area contributed by atoms with E-state index < -0.39 is 12.0 Å². The molecule has 0 radical (unpaired) electrons. The van der Waals surface area contributed by atoms with Crippen LogP contribution in [0, 0.1) is 0 Å². The molecule has 1 fully saturated rings. The molecule has 1 aliphatic heterocycles. The summed E-state index contributed by atoms with van der Waals surface area (Å²) < 4.78 is 10.9. The molecule has 1 N–H and O–H groups in total. The largest absolute Gasteiger partial charge is 0.365 e. The van der Waals surface area contributed by atoms with Crippen molar-refractivity contribution < 1.29 is 14.6 Å². The molecule has 0 amide bonds. The highest BCUT2D eigenvalue weighted by Gasteiger charge is 2.51. The average Bonchev–Trinajstić information content (AvgIpc) is 2.68. The highest BCUT2D eigenvalue weighted by molar-refractivity contribution is 8.23. The second-order valence-electron chi connectivity index (χ2n) is 3.76. The van der Waals surface area contributed by atoms with Crippen molar-refractivity contribution in [1.29, 1.82) is 0 Å². The molecule has 0 aliphatic carbocycles. The summed E-state index contributed by atoms with van der Waals surface area (Å²) in [6, 6.07) is 5.42.